The van der Waals surface area contributed by atoms with Gasteiger partial charge in [-0.15, -0.1) is 10.2 Å². The molecular formula is C14H23N5O2. The standard InChI is InChI=1S/C14H23N5O2/c1-10(13-17-15-9-18(13)2)16-14(20)19(12-3-4-12)7-11-5-6-21-8-11/h9-12H,3-8H2,1-2H3,(H,16,20)/t10-,11-/m0/s1. The molecule has 0 aromatic carbocycles. The van der Waals surface area contributed by atoms with Crippen molar-refractivity contribution in [3.8, 4) is 0 Å². The molecule has 2 atom stereocenters. The number of carbonyl (C=O) groups excluding carboxylic acids is 1. The molecule has 7 nitrogen and oxygen atoms in total. The van der Waals surface area contributed by atoms with Crippen LogP contribution in [-0.4, -0.2) is 51.5 Å². The molecule has 1 saturated carbocycles. The molecule has 1 aliphatic carbocycles. The molecule has 21 heavy (non-hydrogen) atoms. The Balaban J connectivity index is 1.60. The van der Waals surface area contributed by atoms with Crippen molar-refractivity contribution in [1.29, 1.82) is 0 Å². The van der Waals surface area contributed by atoms with Crippen LogP contribution in [0.2, 0.25) is 0 Å². The first-order valence-electron chi connectivity index (χ1n) is 7.64. The van der Waals surface area contributed by atoms with Crippen molar-refractivity contribution in [2.45, 2.75) is 38.3 Å². The largest absolute Gasteiger partial charge is 0.381 e. The van der Waals surface area contributed by atoms with E-state index < -0.39 is 0 Å². The number of aryl methyl sites for hydroxylation is 1. The van der Waals surface area contributed by atoms with Crippen LogP contribution < -0.4 is 5.32 Å². The normalized spacial score (nSPS) is 23.0. The molecule has 0 unspecified atom stereocenters. The number of nitrogens with zero attached hydrogens (tertiary/aromatic N) is 4. The number of rotatable bonds is 5. The Morgan fingerprint density at radius 1 is 1.57 bits per heavy atom. The average molecular weight is 293 g/mol. The monoisotopic (exact) mass is 293 g/mol. The van der Waals surface area contributed by atoms with Crippen molar-refractivity contribution >= 4 is 6.03 Å². The smallest absolute Gasteiger partial charge is 0.318 e. The first-order valence-corrected chi connectivity index (χ1v) is 7.64. The number of ether oxygens (including phenoxy) is 1. The summed E-state index contributed by atoms with van der Waals surface area (Å²) in [7, 11) is 1.88. The van der Waals surface area contributed by atoms with E-state index in [0.717, 1.165) is 44.8 Å². The minimum Gasteiger partial charge on any atom is -0.381 e. The molecule has 1 aliphatic heterocycles. The SMILES string of the molecule is C[C@H](NC(=O)N(C[C@@H]1CCOC1)C1CC1)c1nncn1C. The van der Waals surface area contributed by atoms with Gasteiger partial charge < -0.3 is 19.5 Å². The Labute approximate surface area is 124 Å². The van der Waals surface area contributed by atoms with Crippen molar-refractivity contribution in [2.24, 2.45) is 13.0 Å². The Hall–Kier alpha value is -1.63. The van der Waals surface area contributed by atoms with Gasteiger partial charge in [0, 0.05) is 32.2 Å². The van der Waals surface area contributed by atoms with E-state index in [1.165, 1.54) is 0 Å². The fourth-order valence-electron chi connectivity index (χ4n) is 2.81. The van der Waals surface area contributed by atoms with Gasteiger partial charge in [-0.1, -0.05) is 0 Å². The average Bonchev–Trinajstić information content (AvgIpc) is 2.98. The predicted octanol–water partition coefficient (Wildman–Crippen LogP) is 1.09. The highest BCUT2D eigenvalue weighted by molar-refractivity contribution is 5.75. The van der Waals surface area contributed by atoms with Crippen molar-refractivity contribution in [3.05, 3.63) is 12.2 Å². The lowest BCUT2D eigenvalue weighted by atomic mass is 10.1. The zero-order valence-electron chi connectivity index (χ0n) is 12.7. The lowest BCUT2D eigenvalue weighted by Gasteiger charge is -2.27. The van der Waals surface area contributed by atoms with Crippen LogP contribution in [0.25, 0.3) is 0 Å². The molecule has 2 amide bonds. The topological polar surface area (TPSA) is 72.3 Å². The summed E-state index contributed by atoms with van der Waals surface area (Å²) in [6.07, 6.45) is 4.92. The minimum atomic E-state index is -0.147. The van der Waals surface area contributed by atoms with Crippen LogP contribution in [0.4, 0.5) is 4.79 Å². The summed E-state index contributed by atoms with van der Waals surface area (Å²) in [6.45, 7) is 4.32. The van der Waals surface area contributed by atoms with E-state index in [1.54, 1.807) is 6.33 Å². The molecule has 0 spiro atoms. The van der Waals surface area contributed by atoms with Gasteiger partial charge in [-0.3, -0.25) is 0 Å². The lowest BCUT2D eigenvalue weighted by molar-refractivity contribution is 0.160. The molecule has 1 N–H and O–H groups in total. The summed E-state index contributed by atoms with van der Waals surface area (Å²) in [5.74, 6) is 1.24. The minimum absolute atomic E-state index is 0.0000926. The summed E-state index contributed by atoms with van der Waals surface area (Å²) in [5, 5.41) is 11.0. The predicted molar refractivity (Wildman–Crippen MR) is 76.6 cm³/mol. The summed E-state index contributed by atoms with van der Waals surface area (Å²) >= 11 is 0. The molecule has 2 fully saturated rings. The van der Waals surface area contributed by atoms with Crippen LogP contribution in [0.5, 0.6) is 0 Å². The van der Waals surface area contributed by atoms with Crippen LogP contribution in [0.1, 0.15) is 38.1 Å². The Morgan fingerprint density at radius 3 is 2.95 bits per heavy atom. The number of hydrogen-bond donors (Lipinski definition) is 1. The van der Waals surface area contributed by atoms with Gasteiger partial charge in [-0.2, -0.15) is 0 Å². The van der Waals surface area contributed by atoms with Crippen LogP contribution in [0.15, 0.2) is 6.33 Å². The zero-order valence-corrected chi connectivity index (χ0v) is 12.7. The number of urea groups is 1. The van der Waals surface area contributed by atoms with Gasteiger partial charge in [0.1, 0.15) is 6.33 Å². The first kappa shape index (κ1) is 14.3. The highest BCUT2D eigenvalue weighted by Gasteiger charge is 2.35. The van der Waals surface area contributed by atoms with E-state index in [9.17, 15) is 4.79 Å². The first-order chi connectivity index (χ1) is 10.1. The maximum atomic E-state index is 12.5. The van der Waals surface area contributed by atoms with Gasteiger partial charge in [0.25, 0.3) is 0 Å². The van der Waals surface area contributed by atoms with E-state index in [4.69, 9.17) is 4.74 Å². The molecule has 1 aromatic heterocycles. The van der Waals surface area contributed by atoms with Crippen molar-refractivity contribution in [2.75, 3.05) is 19.8 Å². The number of hydrogen-bond acceptors (Lipinski definition) is 4. The van der Waals surface area contributed by atoms with Crippen molar-refractivity contribution in [1.82, 2.24) is 25.0 Å². The second kappa shape index (κ2) is 6.01. The van der Waals surface area contributed by atoms with Crippen LogP contribution in [-0.2, 0) is 11.8 Å². The molecular weight excluding hydrogens is 270 g/mol. The molecule has 0 bridgehead atoms. The van der Waals surface area contributed by atoms with Gasteiger partial charge >= 0.3 is 6.03 Å². The third-order valence-corrected chi connectivity index (χ3v) is 4.20. The van der Waals surface area contributed by atoms with E-state index in [-0.39, 0.29) is 12.1 Å². The maximum Gasteiger partial charge on any atom is 0.318 e. The number of aromatic nitrogens is 3. The molecule has 1 saturated heterocycles. The van der Waals surface area contributed by atoms with Crippen LogP contribution >= 0.6 is 0 Å². The summed E-state index contributed by atoms with van der Waals surface area (Å²) in [4.78, 5) is 14.5. The fraction of sp³-hybridized carbons (Fsp3) is 0.786. The quantitative estimate of drug-likeness (QED) is 0.882. The van der Waals surface area contributed by atoms with Gasteiger partial charge in [0.2, 0.25) is 0 Å². The number of amides is 2. The Morgan fingerprint density at radius 2 is 2.38 bits per heavy atom. The maximum absolute atomic E-state index is 12.5. The van der Waals surface area contributed by atoms with E-state index >= 15 is 0 Å². The Kier molecular flexibility index (Phi) is 4.10. The summed E-state index contributed by atoms with van der Waals surface area (Å²) in [6, 6.07) is 0.253. The van der Waals surface area contributed by atoms with E-state index in [2.05, 4.69) is 15.5 Å². The number of carbonyl (C=O) groups is 1. The van der Waals surface area contributed by atoms with Crippen LogP contribution in [0.3, 0.4) is 0 Å². The van der Waals surface area contributed by atoms with Gasteiger partial charge in [-0.05, 0) is 26.2 Å². The molecule has 2 aliphatic rings. The molecule has 116 valence electrons. The highest BCUT2D eigenvalue weighted by atomic mass is 16.5. The second-order valence-corrected chi connectivity index (χ2v) is 6.08. The molecule has 0 radical (unpaired) electrons. The fourth-order valence-corrected chi connectivity index (χ4v) is 2.81. The summed E-state index contributed by atoms with van der Waals surface area (Å²) in [5.41, 5.74) is 0. The van der Waals surface area contributed by atoms with Gasteiger partial charge in [0.15, 0.2) is 5.82 Å². The lowest BCUT2D eigenvalue weighted by Crippen LogP contribution is -2.45. The zero-order chi connectivity index (χ0) is 14.8. The molecule has 3 rings (SSSR count). The van der Waals surface area contributed by atoms with Crippen molar-refractivity contribution in [3.63, 3.8) is 0 Å². The molecule has 7 heteroatoms. The Bertz CT molecular complexity index is 493. The van der Waals surface area contributed by atoms with Crippen molar-refractivity contribution < 1.29 is 9.53 Å². The number of nitrogens with one attached hydrogen (secondary N) is 1. The van der Waals surface area contributed by atoms with Crippen LogP contribution in [0, 0.1) is 5.92 Å². The second-order valence-electron chi connectivity index (χ2n) is 6.08. The highest BCUT2D eigenvalue weighted by Crippen LogP contribution is 2.29. The third kappa shape index (κ3) is 3.34. The molecule has 1 aromatic rings. The molecule has 2 heterocycles. The summed E-state index contributed by atoms with van der Waals surface area (Å²) < 4.78 is 7.24. The van der Waals surface area contributed by atoms with E-state index in [1.807, 2.05) is 23.4 Å². The van der Waals surface area contributed by atoms with Gasteiger partial charge in [0.05, 0.1) is 12.6 Å². The van der Waals surface area contributed by atoms with Gasteiger partial charge in [-0.25, -0.2) is 4.79 Å². The van der Waals surface area contributed by atoms with E-state index in [0.29, 0.717) is 12.0 Å². The third-order valence-electron chi connectivity index (χ3n) is 4.20.